The number of nitrogens with zero attached hydrogens (tertiary/aromatic N) is 4. The van der Waals surface area contributed by atoms with E-state index in [1.807, 2.05) is 78.6 Å². The Bertz CT molecular complexity index is 1260. The Morgan fingerprint density at radius 1 is 0.900 bits per heavy atom. The molecule has 2 fully saturated rings. The van der Waals surface area contributed by atoms with E-state index in [4.69, 9.17) is 0 Å². The normalized spacial score (nSPS) is 19.6. The van der Waals surface area contributed by atoms with Crippen molar-refractivity contribution in [2.45, 2.75) is 44.4 Å². The number of piperazine rings is 1. The molecular formula is C32H37N5O3. The summed E-state index contributed by atoms with van der Waals surface area (Å²) in [6.45, 7) is 3.12. The number of fused-ring (bicyclic) bond motifs is 1. The molecule has 0 bridgehead atoms. The average Bonchev–Trinajstić information content (AvgIpc) is 2.98. The Morgan fingerprint density at radius 3 is 2.05 bits per heavy atom. The van der Waals surface area contributed by atoms with Gasteiger partial charge in [0.05, 0.1) is 13.1 Å². The van der Waals surface area contributed by atoms with Crippen molar-refractivity contribution < 1.29 is 14.4 Å². The van der Waals surface area contributed by atoms with Crippen LogP contribution in [0.4, 0.5) is 4.79 Å². The first-order chi connectivity index (χ1) is 19.5. The predicted octanol–water partition coefficient (Wildman–Crippen LogP) is 4.06. The zero-order chi connectivity index (χ0) is 28.1. The van der Waals surface area contributed by atoms with Crippen molar-refractivity contribution >= 4 is 17.8 Å². The highest BCUT2D eigenvalue weighted by molar-refractivity contribution is 5.91. The summed E-state index contributed by atoms with van der Waals surface area (Å²) in [5.74, 6) is -0.233. The smallest absolute Gasteiger partial charge is 0.334 e. The fourth-order valence-corrected chi connectivity index (χ4v) is 5.87. The zero-order valence-corrected chi connectivity index (χ0v) is 23.1. The summed E-state index contributed by atoms with van der Waals surface area (Å²) >= 11 is 0. The molecule has 2 aliphatic rings. The molecule has 2 atom stereocenters. The highest BCUT2D eigenvalue weighted by Gasteiger charge is 2.50. The number of rotatable bonds is 8. The van der Waals surface area contributed by atoms with Gasteiger partial charge in [-0.15, -0.1) is 0 Å². The van der Waals surface area contributed by atoms with Gasteiger partial charge in [0.1, 0.15) is 12.2 Å². The van der Waals surface area contributed by atoms with E-state index in [1.54, 1.807) is 22.0 Å². The molecule has 8 heteroatoms. The number of likely N-dealkylation sites (N-methyl/N-ethyl adjacent to an activating group) is 1. The van der Waals surface area contributed by atoms with E-state index in [-0.39, 0.29) is 36.9 Å². The van der Waals surface area contributed by atoms with Gasteiger partial charge in [0.25, 0.3) is 0 Å². The standard InChI is InChI=1S/C32H37N5O3/c1-3-13-28-31(39)35(21-27(25-16-9-5-10-17-25)26-18-11-6-12-19-26)22-29-36(28)30(38)23-34(2)37(29)32(40)33-20-24-14-7-4-8-15-24/h4-12,14-19,27-29H,3,13,20-23H2,1-2H3,(H,33,40)/t28-,29-/m0/s1. The number of nitrogens with one attached hydrogen (secondary N) is 1. The van der Waals surface area contributed by atoms with Crippen molar-refractivity contribution in [2.24, 2.45) is 0 Å². The summed E-state index contributed by atoms with van der Waals surface area (Å²) in [6, 6.07) is 29.2. The Hall–Kier alpha value is -4.17. The molecule has 5 rings (SSSR count). The van der Waals surface area contributed by atoms with Gasteiger partial charge in [-0.1, -0.05) is 104 Å². The van der Waals surface area contributed by atoms with Crippen LogP contribution in [0.2, 0.25) is 0 Å². The van der Waals surface area contributed by atoms with E-state index in [9.17, 15) is 14.4 Å². The fraction of sp³-hybridized carbons (Fsp3) is 0.344. The molecule has 3 aromatic rings. The van der Waals surface area contributed by atoms with Crippen LogP contribution in [0.25, 0.3) is 0 Å². The molecule has 1 N–H and O–H groups in total. The summed E-state index contributed by atoms with van der Waals surface area (Å²) in [7, 11) is 1.75. The highest BCUT2D eigenvalue weighted by Crippen LogP contribution is 2.32. The van der Waals surface area contributed by atoms with Crippen molar-refractivity contribution in [2.75, 3.05) is 26.7 Å². The molecule has 0 aliphatic carbocycles. The molecule has 2 aliphatic heterocycles. The molecule has 0 spiro atoms. The van der Waals surface area contributed by atoms with Crippen LogP contribution in [0.15, 0.2) is 91.0 Å². The molecule has 3 aromatic carbocycles. The summed E-state index contributed by atoms with van der Waals surface area (Å²) in [6.07, 6.45) is 0.697. The van der Waals surface area contributed by atoms with Gasteiger partial charge < -0.3 is 15.1 Å². The van der Waals surface area contributed by atoms with Crippen LogP contribution < -0.4 is 5.32 Å². The molecule has 40 heavy (non-hydrogen) atoms. The number of amides is 4. The van der Waals surface area contributed by atoms with E-state index in [0.717, 1.165) is 23.1 Å². The topological polar surface area (TPSA) is 76.2 Å². The molecular weight excluding hydrogens is 502 g/mol. The van der Waals surface area contributed by atoms with E-state index in [0.29, 0.717) is 19.5 Å². The second-order valence-corrected chi connectivity index (χ2v) is 10.5. The van der Waals surface area contributed by atoms with Crippen molar-refractivity contribution in [3.63, 3.8) is 0 Å². The van der Waals surface area contributed by atoms with Gasteiger partial charge in [-0.2, -0.15) is 0 Å². The minimum absolute atomic E-state index is 0.0411. The van der Waals surface area contributed by atoms with Crippen LogP contribution in [0.5, 0.6) is 0 Å². The summed E-state index contributed by atoms with van der Waals surface area (Å²) in [5.41, 5.74) is 3.22. The van der Waals surface area contributed by atoms with Gasteiger partial charge in [0, 0.05) is 26.1 Å². The summed E-state index contributed by atoms with van der Waals surface area (Å²) in [4.78, 5) is 44.4. The average molecular weight is 540 g/mol. The molecule has 0 unspecified atom stereocenters. The lowest BCUT2D eigenvalue weighted by Gasteiger charge is -2.54. The first kappa shape index (κ1) is 27.4. The second kappa shape index (κ2) is 12.3. The van der Waals surface area contributed by atoms with Crippen molar-refractivity contribution in [1.29, 1.82) is 0 Å². The van der Waals surface area contributed by atoms with Gasteiger partial charge in [-0.05, 0) is 23.1 Å². The first-order valence-corrected chi connectivity index (χ1v) is 14.0. The van der Waals surface area contributed by atoms with Crippen LogP contribution in [0.3, 0.4) is 0 Å². The van der Waals surface area contributed by atoms with Gasteiger partial charge in [0.15, 0.2) is 0 Å². The molecule has 2 heterocycles. The lowest BCUT2D eigenvalue weighted by Crippen LogP contribution is -2.76. The van der Waals surface area contributed by atoms with E-state index < -0.39 is 12.2 Å². The lowest BCUT2D eigenvalue weighted by molar-refractivity contribution is -0.187. The molecule has 4 amide bonds. The van der Waals surface area contributed by atoms with Gasteiger partial charge in [-0.25, -0.2) is 14.8 Å². The van der Waals surface area contributed by atoms with Gasteiger partial charge >= 0.3 is 6.03 Å². The summed E-state index contributed by atoms with van der Waals surface area (Å²) in [5, 5.41) is 6.31. The van der Waals surface area contributed by atoms with Crippen LogP contribution in [0.1, 0.15) is 42.4 Å². The number of hydrazine groups is 1. The number of urea groups is 1. The SMILES string of the molecule is CCC[C@H]1C(=O)N(CC(c2ccccc2)c2ccccc2)C[C@H]2N1C(=O)CN(C)N2C(=O)NCc1ccccc1. The third-order valence-electron chi connectivity index (χ3n) is 7.80. The third-order valence-corrected chi connectivity index (χ3v) is 7.80. The maximum atomic E-state index is 14.0. The van der Waals surface area contributed by atoms with Gasteiger partial charge in [-0.3, -0.25) is 9.59 Å². The second-order valence-electron chi connectivity index (χ2n) is 10.5. The zero-order valence-electron chi connectivity index (χ0n) is 23.1. The fourth-order valence-electron chi connectivity index (χ4n) is 5.87. The molecule has 2 saturated heterocycles. The largest absolute Gasteiger partial charge is 0.336 e. The Kier molecular flexibility index (Phi) is 8.45. The van der Waals surface area contributed by atoms with E-state index in [2.05, 4.69) is 29.6 Å². The third kappa shape index (κ3) is 5.72. The van der Waals surface area contributed by atoms with Crippen molar-refractivity contribution in [1.82, 2.24) is 25.1 Å². The van der Waals surface area contributed by atoms with Crippen LogP contribution in [-0.4, -0.2) is 76.6 Å². The molecule has 0 radical (unpaired) electrons. The number of hydrogen-bond donors (Lipinski definition) is 1. The van der Waals surface area contributed by atoms with E-state index >= 15 is 0 Å². The Balaban J connectivity index is 1.45. The molecule has 0 saturated carbocycles. The minimum atomic E-state index is -0.610. The minimum Gasteiger partial charge on any atom is -0.336 e. The summed E-state index contributed by atoms with van der Waals surface area (Å²) < 4.78 is 0. The highest BCUT2D eigenvalue weighted by atomic mass is 16.2. The van der Waals surface area contributed by atoms with Gasteiger partial charge in [0.2, 0.25) is 11.8 Å². The van der Waals surface area contributed by atoms with Crippen molar-refractivity contribution in [3.8, 4) is 0 Å². The Morgan fingerprint density at radius 2 is 1.48 bits per heavy atom. The number of hydrogen-bond acceptors (Lipinski definition) is 4. The first-order valence-electron chi connectivity index (χ1n) is 14.0. The molecule has 0 aromatic heterocycles. The predicted molar refractivity (Wildman–Crippen MR) is 154 cm³/mol. The molecule has 8 nitrogen and oxygen atoms in total. The number of carbonyl (C=O) groups is 3. The van der Waals surface area contributed by atoms with Crippen molar-refractivity contribution in [3.05, 3.63) is 108 Å². The number of carbonyl (C=O) groups excluding carboxylic acids is 3. The van der Waals surface area contributed by atoms with Crippen LogP contribution in [0, 0.1) is 0 Å². The number of benzene rings is 3. The Labute approximate surface area is 236 Å². The molecule has 208 valence electrons. The monoisotopic (exact) mass is 539 g/mol. The van der Waals surface area contributed by atoms with E-state index in [1.165, 1.54) is 0 Å². The maximum absolute atomic E-state index is 14.0. The maximum Gasteiger partial charge on any atom is 0.334 e. The lowest BCUT2D eigenvalue weighted by atomic mass is 9.90. The van der Waals surface area contributed by atoms with Crippen LogP contribution in [-0.2, 0) is 16.1 Å². The quantitative estimate of drug-likeness (QED) is 0.469. The van der Waals surface area contributed by atoms with Crippen LogP contribution >= 0.6 is 0 Å².